The van der Waals surface area contributed by atoms with Crippen LogP contribution in [0.25, 0.3) is 0 Å². The van der Waals surface area contributed by atoms with Gasteiger partial charge in [0.1, 0.15) is 13.1 Å². The Balaban J connectivity index is 4.82. The van der Waals surface area contributed by atoms with Crippen LogP contribution in [-0.4, -0.2) is 103 Å². The Bertz CT molecular complexity index is 514. The molecule has 4 N–H and O–H groups in total. The second-order valence-corrected chi connectivity index (χ2v) is 10.3. The lowest BCUT2D eigenvalue weighted by atomic mass is 9.79. The van der Waals surface area contributed by atoms with Gasteiger partial charge in [0.15, 0.2) is 12.8 Å². The summed E-state index contributed by atoms with van der Waals surface area (Å²) in [4.78, 5) is 24.2. The molecule has 8 nitrogen and oxygen atoms in total. The van der Waals surface area contributed by atoms with E-state index in [1.807, 2.05) is 35.2 Å². The monoisotopic (exact) mass is 405 g/mol. The number of quaternary nitrogens is 2. The lowest BCUT2D eigenvalue weighted by molar-refractivity contribution is -0.908. The van der Waals surface area contributed by atoms with E-state index in [4.69, 9.17) is 0 Å². The first kappa shape index (κ1) is 26.8. The van der Waals surface area contributed by atoms with Gasteiger partial charge in [-0.05, 0) is 19.3 Å². The van der Waals surface area contributed by atoms with Crippen LogP contribution < -0.4 is 5.32 Å². The summed E-state index contributed by atoms with van der Waals surface area (Å²) < 4.78 is 1.07. The van der Waals surface area contributed by atoms with Crippen molar-refractivity contribution in [3.05, 3.63) is 0 Å². The summed E-state index contributed by atoms with van der Waals surface area (Å²) in [6.07, 6.45) is -0.396. The van der Waals surface area contributed by atoms with Crippen LogP contribution in [0.2, 0.25) is 0 Å². The van der Waals surface area contributed by atoms with E-state index in [1.54, 1.807) is 20.8 Å². The number of aliphatic carboxylic acids is 1. The van der Waals surface area contributed by atoms with Gasteiger partial charge in [-0.15, -0.1) is 0 Å². The molecule has 0 rings (SSSR count). The number of carbonyl (C=O) groups excluding carboxylic acids is 1. The number of hydrogen-bond donors (Lipinski definition) is 4. The SMILES string of the molecule is CCC(O)CC(CC(C)(C)C(=O)NC[N+](C)(C)CC(O)C[N+](C)(C)C)C(=O)O. The van der Waals surface area contributed by atoms with Crippen LogP contribution in [0.1, 0.15) is 40.0 Å². The van der Waals surface area contributed by atoms with E-state index in [-0.39, 0.29) is 18.7 Å². The van der Waals surface area contributed by atoms with Crippen molar-refractivity contribution in [1.82, 2.24) is 5.32 Å². The maximum absolute atomic E-state index is 12.7. The average molecular weight is 406 g/mol. The Labute approximate surface area is 170 Å². The molecule has 1 amide bonds. The normalized spacial score (nSPS) is 16.4. The number of amides is 1. The molecule has 0 aromatic carbocycles. The molecule has 0 heterocycles. The standard InChI is InChI=1S/C20H41N3O5/c1-9-16(24)10-15(18(26)27)11-20(2,3)19(28)21-14-23(7,8)13-17(25)12-22(4,5)6/h15-17,24-25H,9-14H2,1-8H3/p+2. The smallest absolute Gasteiger partial charge is 0.306 e. The molecule has 28 heavy (non-hydrogen) atoms. The molecular formula is C20H43N3O5+2. The average Bonchev–Trinajstić information content (AvgIpc) is 2.48. The third-order valence-electron chi connectivity index (χ3n) is 4.88. The number of hydrogen-bond acceptors (Lipinski definition) is 4. The molecule has 3 unspecified atom stereocenters. The van der Waals surface area contributed by atoms with Crippen molar-refractivity contribution < 1.29 is 33.9 Å². The van der Waals surface area contributed by atoms with Gasteiger partial charge < -0.3 is 29.6 Å². The molecule has 3 atom stereocenters. The first-order valence-electron chi connectivity index (χ1n) is 9.99. The highest BCUT2D eigenvalue weighted by atomic mass is 16.4. The fraction of sp³-hybridized carbons (Fsp3) is 0.900. The Morgan fingerprint density at radius 3 is 1.96 bits per heavy atom. The van der Waals surface area contributed by atoms with Crippen LogP contribution in [0, 0.1) is 11.3 Å². The zero-order chi connectivity index (χ0) is 22.3. The molecule has 0 aliphatic rings. The summed E-state index contributed by atoms with van der Waals surface area (Å²) in [7, 11) is 9.92. The van der Waals surface area contributed by atoms with E-state index in [0.29, 0.717) is 35.1 Å². The molecule has 8 heteroatoms. The fourth-order valence-electron chi connectivity index (χ4n) is 3.33. The largest absolute Gasteiger partial charge is 0.481 e. The highest BCUT2D eigenvalue weighted by Gasteiger charge is 2.35. The maximum Gasteiger partial charge on any atom is 0.306 e. The summed E-state index contributed by atoms with van der Waals surface area (Å²) in [5.41, 5.74) is -0.878. The van der Waals surface area contributed by atoms with E-state index in [1.165, 1.54) is 0 Å². The molecule has 0 saturated heterocycles. The van der Waals surface area contributed by atoms with E-state index in [0.717, 1.165) is 0 Å². The van der Waals surface area contributed by atoms with E-state index in [2.05, 4.69) is 5.32 Å². The Hall–Kier alpha value is -1.22. The predicted octanol–water partition coefficient (Wildman–Crippen LogP) is 0.482. The summed E-state index contributed by atoms with van der Waals surface area (Å²) in [5, 5.41) is 32.4. The molecular weight excluding hydrogens is 362 g/mol. The molecule has 0 fully saturated rings. The maximum atomic E-state index is 12.7. The van der Waals surface area contributed by atoms with Crippen LogP contribution in [0.3, 0.4) is 0 Å². The molecule has 0 aliphatic heterocycles. The van der Waals surface area contributed by atoms with Crippen molar-refractivity contribution in [2.45, 2.75) is 52.2 Å². The van der Waals surface area contributed by atoms with Crippen molar-refractivity contribution in [1.29, 1.82) is 0 Å². The third kappa shape index (κ3) is 10.9. The fourth-order valence-corrected chi connectivity index (χ4v) is 3.33. The second-order valence-electron chi connectivity index (χ2n) is 10.3. The minimum Gasteiger partial charge on any atom is -0.481 e. The summed E-state index contributed by atoms with van der Waals surface area (Å²) in [6.45, 7) is 6.70. The first-order valence-corrected chi connectivity index (χ1v) is 9.99. The molecule has 0 spiro atoms. The van der Waals surface area contributed by atoms with Crippen LogP contribution in [0.15, 0.2) is 0 Å². The quantitative estimate of drug-likeness (QED) is 0.263. The van der Waals surface area contributed by atoms with E-state index < -0.39 is 29.5 Å². The second kappa shape index (κ2) is 10.5. The Morgan fingerprint density at radius 1 is 1.00 bits per heavy atom. The number of carboxylic acids is 1. The van der Waals surface area contributed by atoms with Gasteiger partial charge in [0.25, 0.3) is 0 Å². The highest BCUT2D eigenvalue weighted by molar-refractivity contribution is 5.82. The molecule has 0 aliphatic carbocycles. The first-order chi connectivity index (χ1) is 12.5. The molecule has 0 aromatic heterocycles. The number of carbonyl (C=O) groups is 2. The molecule has 0 bridgehead atoms. The van der Waals surface area contributed by atoms with Gasteiger partial charge >= 0.3 is 5.97 Å². The third-order valence-corrected chi connectivity index (χ3v) is 4.88. The van der Waals surface area contributed by atoms with Gasteiger partial charge in [0, 0.05) is 5.41 Å². The van der Waals surface area contributed by atoms with Crippen molar-refractivity contribution >= 4 is 11.9 Å². The van der Waals surface area contributed by atoms with Gasteiger partial charge in [0.2, 0.25) is 5.91 Å². The van der Waals surface area contributed by atoms with Crippen molar-refractivity contribution in [3.63, 3.8) is 0 Å². The van der Waals surface area contributed by atoms with Gasteiger partial charge in [0.05, 0.1) is 47.3 Å². The van der Waals surface area contributed by atoms with Gasteiger partial charge in [-0.2, -0.15) is 0 Å². The number of rotatable bonds is 13. The number of likely N-dealkylation sites (N-methyl/N-ethyl adjacent to an activating group) is 2. The number of nitrogens with zero attached hydrogens (tertiary/aromatic N) is 2. The van der Waals surface area contributed by atoms with Gasteiger partial charge in [-0.1, -0.05) is 20.8 Å². The summed E-state index contributed by atoms with van der Waals surface area (Å²) >= 11 is 0. The predicted molar refractivity (Wildman–Crippen MR) is 109 cm³/mol. The number of aliphatic hydroxyl groups is 2. The van der Waals surface area contributed by atoms with Crippen LogP contribution in [0.4, 0.5) is 0 Å². The lowest BCUT2D eigenvalue weighted by Crippen LogP contribution is -2.56. The summed E-state index contributed by atoms with van der Waals surface area (Å²) in [5.74, 6) is -1.99. The van der Waals surface area contributed by atoms with Crippen LogP contribution in [0.5, 0.6) is 0 Å². The molecule has 0 aromatic rings. The van der Waals surface area contributed by atoms with Gasteiger partial charge in [-0.25, -0.2) is 0 Å². The minimum atomic E-state index is -0.993. The zero-order valence-corrected chi connectivity index (χ0v) is 19.0. The number of carboxylic acid groups (broad SMARTS) is 1. The molecule has 0 radical (unpaired) electrons. The molecule has 0 saturated carbocycles. The van der Waals surface area contributed by atoms with E-state index in [9.17, 15) is 24.9 Å². The zero-order valence-electron chi connectivity index (χ0n) is 19.0. The van der Waals surface area contributed by atoms with E-state index >= 15 is 0 Å². The number of aliphatic hydroxyl groups excluding tert-OH is 2. The Kier molecular flexibility index (Phi) is 10.1. The Morgan fingerprint density at radius 2 is 1.54 bits per heavy atom. The van der Waals surface area contributed by atoms with Crippen molar-refractivity contribution in [2.24, 2.45) is 11.3 Å². The van der Waals surface area contributed by atoms with Crippen LogP contribution >= 0.6 is 0 Å². The lowest BCUT2D eigenvalue weighted by Gasteiger charge is -2.35. The van der Waals surface area contributed by atoms with Gasteiger partial charge in [-0.3, -0.25) is 9.59 Å². The van der Waals surface area contributed by atoms with Crippen LogP contribution in [-0.2, 0) is 9.59 Å². The number of nitrogens with one attached hydrogen (secondary N) is 1. The van der Waals surface area contributed by atoms with Crippen molar-refractivity contribution in [3.8, 4) is 0 Å². The summed E-state index contributed by atoms with van der Waals surface area (Å²) in [6, 6.07) is 0. The molecule has 166 valence electrons. The minimum absolute atomic E-state index is 0.140. The topological polar surface area (TPSA) is 107 Å². The van der Waals surface area contributed by atoms with Crippen molar-refractivity contribution in [2.75, 3.05) is 55.0 Å². The highest BCUT2D eigenvalue weighted by Crippen LogP contribution is 2.29.